The van der Waals surface area contributed by atoms with E-state index in [9.17, 15) is 9.59 Å². The topological polar surface area (TPSA) is 52.6 Å². The Morgan fingerprint density at radius 2 is 1.88 bits per heavy atom. The predicted octanol–water partition coefficient (Wildman–Crippen LogP) is 1.55. The Balaban J connectivity index is 1.64. The van der Waals surface area contributed by atoms with Crippen molar-refractivity contribution >= 4 is 11.8 Å². The van der Waals surface area contributed by atoms with Gasteiger partial charge in [0.1, 0.15) is 12.1 Å². The normalized spacial score (nSPS) is 24.9. The highest BCUT2D eigenvalue weighted by molar-refractivity contribution is 5.97. The summed E-state index contributed by atoms with van der Waals surface area (Å²) in [7, 11) is 0. The van der Waals surface area contributed by atoms with Crippen molar-refractivity contribution in [2.45, 2.75) is 45.8 Å². The zero-order chi connectivity index (χ0) is 17.3. The summed E-state index contributed by atoms with van der Waals surface area (Å²) in [6, 6.07) is 7.79. The molecule has 0 aromatic heterocycles. The number of piperazine rings is 2. The predicted molar refractivity (Wildman–Crippen MR) is 93.3 cm³/mol. The van der Waals surface area contributed by atoms with Crippen LogP contribution in [0.5, 0.6) is 0 Å². The fraction of sp³-hybridized carbons (Fsp3) is 0.579. The lowest BCUT2D eigenvalue weighted by atomic mass is 9.97. The van der Waals surface area contributed by atoms with Crippen LogP contribution in [0.3, 0.4) is 0 Å². The number of amides is 2. The molecule has 130 valence electrons. The zero-order valence-electron chi connectivity index (χ0n) is 14.8. The molecule has 0 aliphatic carbocycles. The van der Waals surface area contributed by atoms with Gasteiger partial charge in [0.2, 0.25) is 11.8 Å². The lowest BCUT2D eigenvalue weighted by Crippen LogP contribution is -2.69. The van der Waals surface area contributed by atoms with Crippen LogP contribution in [0.25, 0.3) is 0 Å². The maximum Gasteiger partial charge on any atom is 0.245 e. The summed E-state index contributed by atoms with van der Waals surface area (Å²) >= 11 is 0. The lowest BCUT2D eigenvalue weighted by molar-refractivity contribution is -0.153. The molecular weight excluding hydrogens is 302 g/mol. The monoisotopic (exact) mass is 329 g/mol. The van der Waals surface area contributed by atoms with Crippen LogP contribution in [0.1, 0.15) is 31.4 Å². The molecule has 2 aliphatic heterocycles. The molecule has 1 aromatic carbocycles. The van der Waals surface area contributed by atoms with Crippen molar-refractivity contribution in [2.75, 3.05) is 19.6 Å². The molecular formula is C19H27N3O2. The van der Waals surface area contributed by atoms with E-state index in [-0.39, 0.29) is 23.9 Å². The molecule has 2 heterocycles. The highest BCUT2D eigenvalue weighted by atomic mass is 16.2. The molecule has 0 saturated carbocycles. The van der Waals surface area contributed by atoms with Crippen LogP contribution in [0.15, 0.2) is 24.3 Å². The lowest BCUT2D eigenvalue weighted by Gasteiger charge is -2.45. The largest absolute Gasteiger partial charge is 0.342 e. The fourth-order valence-electron chi connectivity index (χ4n) is 3.58. The van der Waals surface area contributed by atoms with Gasteiger partial charge in [0.25, 0.3) is 0 Å². The van der Waals surface area contributed by atoms with Gasteiger partial charge in [-0.05, 0) is 24.8 Å². The Hall–Kier alpha value is -1.88. The minimum absolute atomic E-state index is 0.00569. The Morgan fingerprint density at radius 3 is 2.54 bits per heavy atom. The van der Waals surface area contributed by atoms with E-state index in [0.29, 0.717) is 25.4 Å². The van der Waals surface area contributed by atoms with E-state index in [1.165, 1.54) is 11.1 Å². The number of benzene rings is 1. The molecule has 0 spiro atoms. The smallest absolute Gasteiger partial charge is 0.245 e. The van der Waals surface area contributed by atoms with Crippen LogP contribution < -0.4 is 5.32 Å². The Labute approximate surface area is 144 Å². The van der Waals surface area contributed by atoms with Crippen LogP contribution in [0, 0.1) is 12.8 Å². The number of hydrogen-bond donors (Lipinski definition) is 1. The van der Waals surface area contributed by atoms with E-state index in [4.69, 9.17) is 0 Å². The molecule has 2 fully saturated rings. The first kappa shape index (κ1) is 17.0. The number of carbonyl (C=O) groups excluding carboxylic acids is 2. The highest BCUT2D eigenvalue weighted by Crippen LogP contribution is 2.20. The second-order valence-electron chi connectivity index (χ2n) is 7.46. The van der Waals surface area contributed by atoms with Gasteiger partial charge in [-0.1, -0.05) is 43.7 Å². The van der Waals surface area contributed by atoms with Crippen LogP contribution in [-0.2, 0) is 16.1 Å². The van der Waals surface area contributed by atoms with Crippen molar-refractivity contribution in [3.8, 4) is 0 Å². The fourth-order valence-corrected chi connectivity index (χ4v) is 3.58. The van der Waals surface area contributed by atoms with Crippen molar-refractivity contribution in [1.29, 1.82) is 0 Å². The van der Waals surface area contributed by atoms with Crippen LogP contribution in [-0.4, -0.2) is 53.3 Å². The maximum absolute atomic E-state index is 12.6. The summed E-state index contributed by atoms with van der Waals surface area (Å²) in [5, 5.41) is 2.93. The van der Waals surface area contributed by atoms with Gasteiger partial charge in [0, 0.05) is 26.2 Å². The van der Waals surface area contributed by atoms with Crippen LogP contribution in [0.4, 0.5) is 0 Å². The first-order chi connectivity index (χ1) is 11.4. The van der Waals surface area contributed by atoms with Crippen LogP contribution in [0.2, 0.25) is 0 Å². The number of rotatable bonds is 4. The van der Waals surface area contributed by atoms with Crippen molar-refractivity contribution in [1.82, 2.24) is 15.1 Å². The zero-order valence-corrected chi connectivity index (χ0v) is 14.8. The van der Waals surface area contributed by atoms with Gasteiger partial charge < -0.3 is 10.2 Å². The van der Waals surface area contributed by atoms with E-state index in [1.54, 1.807) is 4.90 Å². The highest BCUT2D eigenvalue weighted by Gasteiger charge is 2.43. The number of carbonyl (C=O) groups is 2. The number of hydrogen-bond acceptors (Lipinski definition) is 3. The Bertz CT molecular complexity index is 612. The molecule has 0 unspecified atom stereocenters. The average Bonchev–Trinajstić information content (AvgIpc) is 2.54. The molecule has 2 atom stereocenters. The van der Waals surface area contributed by atoms with Gasteiger partial charge in [-0.15, -0.1) is 0 Å². The SMILES string of the molecule is Cc1ccc(CN2CCN3C(=O)[C@@H](CC(C)C)NC(=O)[C@H]3C2)cc1. The average molecular weight is 329 g/mol. The standard InChI is InChI=1S/C19H27N3O2/c1-13(2)10-16-19(24)22-9-8-21(12-17(22)18(23)20-16)11-15-6-4-14(3)5-7-15/h4-7,13,16-17H,8-12H2,1-3H3,(H,20,23)/t16-,17-/m1/s1. The van der Waals surface area contributed by atoms with Gasteiger partial charge in [-0.25, -0.2) is 0 Å². The third-order valence-electron chi connectivity index (χ3n) is 4.90. The third kappa shape index (κ3) is 3.61. The molecule has 2 amide bonds. The molecule has 2 saturated heterocycles. The van der Waals surface area contributed by atoms with Gasteiger partial charge in [-0.3, -0.25) is 14.5 Å². The number of nitrogens with zero attached hydrogens (tertiary/aromatic N) is 2. The third-order valence-corrected chi connectivity index (χ3v) is 4.90. The summed E-state index contributed by atoms with van der Waals surface area (Å²) in [5.74, 6) is 0.468. The minimum Gasteiger partial charge on any atom is -0.342 e. The quantitative estimate of drug-likeness (QED) is 0.912. The summed E-state index contributed by atoms with van der Waals surface area (Å²) < 4.78 is 0. The Morgan fingerprint density at radius 1 is 1.17 bits per heavy atom. The number of fused-ring (bicyclic) bond motifs is 1. The second kappa shape index (κ2) is 6.93. The van der Waals surface area contributed by atoms with Gasteiger partial charge in [0.05, 0.1) is 0 Å². The van der Waals surface area contributed by atoms with E-state index in [2.05, 4.69) is 55.3 Å². The van der Waals surface area contributed by atoms with Crippen molar-refractivity contribution in [2.24, 2.45) is 5.92 Å². The van der Waals surface area contributed by atoms with Gasteiger partial charge in [-0.2, -0.15) is 0 Å². The van der Waals surface area contributed by atoms with E-state index in [0.717, 1.165) is 13.1 Å². The minimum atomic E-state index is -0.350. The van der Waals surface area contributed by atoms with E-state index >= 15 is 0 Å². The summed E-state index contributed by atoms with van der Waals surface area (Å²) in [6.07, 6.45) is 0.709. The van der Waals surface area contributed by atoms with E-state index in [1.807, 2.05) is 0 Å². The van der Waals surface area contributed by atoms with Crippen LogP contribution >= 0.6 is 0 Å². The first-order valence-electron chi connectivity index (χ1n) is 8.83. The molecule has 3 rings (SSSR count). The van der Waals surface area contributed by atoms with Gasteiger partial charge in [0.15, 0.2) is 0 Å². The molecule has 24 heavy (non-hydrogen) atoms. The van der Waals surface area contributed by atoms with Gasteiger partial charge >= 0.3 is 0 Å². The first-order valence-corrected chi connectivity index (χ1v) is 8.83. The van der Waals surface area contributed by atoms with Crippen molar-refractivity contribution in [3.05, 3.63) is 35.4 Å². The molecule has 0 bridgehead atoms. The maximum atomic E-state index is 12.6. The Kier molecular flexibility index (Phi) is 4.90. The van der Waals surface area contributed by atoms with Crippen molar-refractivity contribution < 1.29 is 9.59 Å². The number of aryl methyl sites for hydroxylation is 1. The molecule has 0 radical (unpaired) electrons. The molecule has 2 aliphatic rings. The molecule has 5 nitrogen and oxygen atoms in total. The summed E-state index contributed by atoms with van der Waals surface area (Å²) in [4.78, 5) is 29.2. The molecule has 5 heteroatoms. The summed E-state index contributed by atoms with van der Waals surface area (Å²) in [5.41, 5.74) is 2.49. The van der Waals surface area contributed by atoms with Crippen molar-refractivity contribution in [3.63, 3.8) is 0 Å². The molecule has 1 aromatic rings. The number of nitrogens with one attached hydrogen (secondary N) is 1. The van der Waals surface area contributed by atoms with E-state index < -0.39 is 0 Å². The second-order valence-corrected chi connectivity index (χ2v) is 7.46. The summed E-state index contributed by atoms with van der Waals surface area (Å²) in [6.45, 7) is 9.11. The molecule has 1 N–H and O–H groups in total.